The van der Waals surface area contributed by atoms with Crippen LogP contribution in [0.4, 0.5) is 34.1 Å². The smallest absolute Gasteiger partial charge is 0.416 e. The molecule has 0 aliphatic carbocycles. The highest BCUT2D eigenvalue weighted by atomic mass is 19.4. The fourth-order valence-electron chi connectivity index (χ4n) is 5.79. The number of carbonyl (C=O) groups is 2. The zero-order valence-corrected chi connectivity index (χ0v) is 27.9. The molecule has 3 aromatic carbocycles. The lowest BCUT2D eigenvalue weighted by Crippen LogP contribution is -2.35. The molecule has 12 heteroatoms. The van der Waals surface area contributed by atoms with Crippen LogP contribution in [-0.4, -0.2) is 49.1 Å². The average Bonchev–Trinajstić information content (AvgIpc) is 3.42. The molecule has 2 heterocycles. The number of fused-ring (bicyclic) bond motifs is 1. The lowest BCUT2D eigenvalue weighted by atomic mass is 10.0. The Kier molecular flexibility index (Phi) is 12.1. The van der Waals surface area contributed by atoms with Crippen LogP contribution in [0.2, 0.25) is 0 Å². The molecule has 0 radical (unpaired) electrons. The molecule has 9 nitrogen and oxygen atoms in total. The maximum Gasteiger partial charge on any atom is 0.416 e. The van der Waals surface area contributed by atoms with E-state index in [1.165, 1.54) is 12.1 Å². The van der Waals surface area contributed by atoms with Gasteiger partial charge in [0.05, 0.1) is 18.7 Å². The Morgan fingerprint density at radius 3 is 2.41 bits per heavy atom. The first-order chi connectivity index (χ1) is 23.4. The van der Waals surface area contributed by atoms with Gasteiger partial charge in [-0.1, -0.05) is 37.1 Å². The van der Waals surface area contributed by atoms with Crippen molar-refractivity contribution < 1.29 is 41.7 Å². The summed E-state index contributed by atoms with van der Waals surface area (Å²) >= 11 is 0. The van der Waals surface area contributed by atoms with Crippen molar-refractivity contribution >= 4 is 23.5 Å². The first-order valence-corrected chi connectivity index (χ1v) is 16.8. The number of rotatable bonds is 15. The van der Waals surface area contributed by atoms with Gasteiger partial charge in [0.1, 0.15) is 11.9 Å². The Balaban J connectivity index is 0.897. The minimum atomic E-state index is -4.48. The van der Waals surface area contributed by atoms with Crippen molar-refractivity contribution in [2.24, 2.45) is 0 Å². The van der Waals surface area contributed by atoms with Crippen LogP contribution in [0, 0.1) is 0 Å². The maximum atomic E-state index is 12.9. The summed E-state index contributed by atoms with van der Waals surface area (Å²) in [5.74, 6) is 0.150. The molecule has 3 amide bonds. The number of amides is 3. The van der Waals surface area contributed by atoms with E-state index in [-0.39, 0.29) is 17.9 Å². The highest BCUT2D eigenvalue weighted by Gasteiger charge is 2.34. The number of hydrogen-bond donors (Lipinski definition) is 2. The summed E-state index contributed by atoms with van der Waals surface area (Å²) in [5, 5.41) is 5.12. The molecule has 1 saturated heterocycles. The van der Waals surface area contributed by atoms with E-state index in [0.29, 0.717) is 38.6 Å². The van der Waals surface area contributed by atoms with Gasteiger partial charge < -0.3 is 34.5 Å². The topological polar surface area (TPSA) is 98.4 Å². The number of benzene rings is 3. The average molecular weight is 684 g/mol. The van der Waals surface area contributed by atoms with Crippen LogP contribution in [0.1, 0.15) is 80.7 Å². The molecule has 1 atom stereocenters. The van der Waals surface area contributed by atoms with Gasteiger partial charge in [-0.15, -0.1) is 0 Å². The van der Waals surface area contributed by atoms with Gasteiger partial charge in [0, 0.05) is 50.5 Å². The minimum absolute atomic E-state index is 0.0599. The van der Waals surface area contributed by atoms with Crippen molar-refractivity contribution in [2.45, 2.75) is 83.5 Å². The first kappa shape index (κ1) is 36.0. The molecular weight excluding hydrogens is 639 g/mol. The van der Waals surface area contributed by atoms with E-state index >= 15 is 0 Å². The van der Waals surface area contributed by atoms with Gasteiger partial charge in [-0.3, -0.25) is 0 Å². The summed E-state index contributed by atoms with van der Waals surface area (Å²) in [6.07, 6.45) is 1.45. The number of nitrogens with zero attached hydrogens (tertiary/aromatic N) is 1. The molecule has 0 aromatic heterocycles. The molecule has 2 aliphatic heterocycles. The van der Waals surface area contributed by atoms with Gasteiger partial charge in [0.25, 0.3) is 0 Å². The van der Waals surface area contributed by atoms with Gasteiger partial charge in [-0.2, -0.15) is 13.2 Å². The zero-order valence-electron chi connectivity index (χ0n) is 27.9. The Labute approximate surface area is 285 Å². The number of ether oxygens (including phenoxy) is 4. The van der Waals surface area contributed by atoms with Crippen LogP contribution < -0.4 is 15.4 Å². The number of anilines is 2. The molecule has 0 spiro atoms. The number of unbranched alkanes of at least 4 members (excludes halogenated alkanes) is 4. The molecule has 1 unspecified atom stereocenters. The lowest BCUT2D eigenvalue weighted by Gasteiger charge is -2.32. The summed E-state index contributed by atoms with van der Waals surface area (Å²) in [6.45, 7) is 6.78. The van der Waals surface area contributed by atoms with Crippen molar-refractivity contribution in [3.8, 4) is 5.75 Å². The summed E-state index contributed by atoms with van der Waals surface area (Å²) in [6, 6.07) is 17.2. The third kappa shape index (κ3) is 10.9. The number of carbonyl (C=O) groups excluding carboxylic acids is 2. The predicted octanol–water partition coefficient (Wildman–Crippen LogP) is 9.09. The van der Waals surface area contributed by atoms with E-state index in [4.69, 9.17) is 18.9 Å². The van der Waals surface area contributed by atoms with Crippen LogP contribution in [0.15, 0.2) is 66.7 Å². The Hall–Kier alpha value is -4.29. The first-order valence-electron chi connectivity index (χ1n) is 16.8. The summed E-state index contributed by atoms with van der Waals surface area (Å²) in [7, 11) is 0. The molecule has 2 aliphatic rings. The second-order valence-electron chi connectivity index (χ2n) is 12.8. The molecule has 0 bridgehead atoms. The maximum absolute atomic E-state index is 12.9. The number of halogens is 3. The van der Waals surface area contributed by atoms with Crippen LogP contribution >= 0.6 is 0 Å². The minimum Gasteiger partial charge on any atom is -0.463 e. The Morgan fingerprint density at radius 2 is 1.63 bits per heavy atom. The molecule has 49 heavy (non-hydrogen) atoms. The molecular formula is C37H44F3N3O6. The van der Waals surface area contributed by atoms with Crippen LogP contribution in [-0.2, 0) is 33.4 Å². The predicted molar refractivity (Wildman–Crippen MR) is 179 cm³/mol. The van der Waals surface area contributed by atoms with E-state index in [1.54, 1.807) is 11.0 Å². The van der Waals surface area contributed by atoms with Crippen molar-refractivity contribution in [3.05, 3.63) is 89.0 Å². The Bertz CT molecular complexity index is 1580. The zero-order chi connectivity index (χ0) is 34.9. The number of hydrogen-bond acceptors (Lipinski definition) is 6. The van der Waals surface area contributed by atoms with Crippen molar-refractivity contribution in [3.63, 3.8) is 0 Å². The van der Waals surface area contributed by atoms with E-state index < -0.39 is 23.6 Å². The second kappa shape index (κ2) is 16.4. The highest BCUT2D eigenvalue weighted by Crippen LogP contribution is 2.35. The fourth-order valence-corrected chi connectivity index (χ4v) is 5.79. The van der Waals surface area contributed by atoms with Crippen LogP contribution in [0.25, 0.3) is 0 Å². The van der Waals surface area contributed by atoms with Gasteiger partial charge in [0.2, 0.25) is 5.79 Å². The van der Waals surface area contributed by atoms with E-state index in [9.17, 15) is 22.8 Å². The quantitative estimate of drug-likeness (QED) is 0.155. The SMILES string of the molecule is CC1(C)OCc2cc(C3CN(CCCCCCOCCCCc4cccc(NC(=O)Nc5cccc(C(F)(F)F)c5)c4)C(=O)O3)ccc2O1. The monoisotopic (exact) mass is 683 g/mol. The molecule has 264 valence electrons. The molecule has 5 rings (SSSR count). The number of aryl methyl sites for hydroxylation is 1. The van der Waals surface area contributed by atoms with E-state index in [2.05, 4.69) is 10.6 Å². The van der Waals surface area contributed by atoms with Crippen molar-refractivity contribution in [1.29, 1.82) is 0 Å². The van der Waals surface area contributed by atoms with Gasteiger partial charge in [0.15, 0.2) is 0 Å². The van der Waals surface area contributed by atoms with Crippen molar-refractivity contribution in [1.82, 2.24) is 4.90 Å². The number of cyclic esters (lactones) is 1. The third-order valence-electron chi connectivity index (χ3n) is 8.38. The lowest BCUT2D eigenvalue weighted by molar-refractivity contribution is -0.180. The molecule has 3 aromatic rings. The van der Waals surface area contributed by atoms with Crippen LogP contribution in [0.5, 0.6) is 5.75 Å². The van der Waals surface area contributed by atoms with Gasteiger partial charge in [-0.25, -0.2) is 9.59 Å². The molecule has 1 fully saturated rings. The van der Waals surface area contributed by atoms with Gasteiger partial charge in [-0.05, 0) is 85.7 Å². The van der Waals surface area contributed by atoms with E-state index in [1.807, 2.05) is 50.2 Å². The molecule has 2 N–H and O–H groups in total. The third-order valence-corrected chi connectivity index (χ3v) is 8.38. The molecule has 0 saturated carbocycles. The van der Waals surface area contributed by atoms with Crippen molar-refractivity contribution in [2.75, 3.05) is 36.9 Å². The normalized spacial score (nSPS) is 16.9. The van der Waals surface area contributed by atoms with E-state index in [0.717, 1.165) is 79.5 Å². The number of urea groups is 1. The number of alkyl halides is 3. The summed E-state index contributed by atoms with van der Waals surface area (Å²) < 4.78 is 61.9. The Morgan fingerprint density at radius 1 is 0.918 bits per heavy atom. The van der Waals surface area contributed by atoms with Gasteiger partial charge >= 0.3 is 18.3 Å². The highest BCUT2D eigenvalue weighted by molar-refractivity contribution is 5.99. The number of nitrogens with one attached hydrogen (secondary N) is 2. The largest absolute Gasteiger partial charge is 0.463 e. The fraction of sp³-hybridized carbons (Fsp3) is 0.459. The standard InChI is InChI=1S/C37H44F3N3O6/c1-36(2)47-25-28-22-27(16-17-32(28)49-36)33-24-43(35(45)48-33)18-6-3-4-7-19-46-20-8-5-11-26-12-9-14-30(21-26)41-34(44)42-31-15-10-13-29(23-31)37(38,39)40/h9-10,12-17,21-23,33H,3-8,11,18-20,24-25H2,1-2H3,(H2,41,42,44). The summed E-state index contributed by atoms with van der Waals surface area (Å²) in [5.41, 5.74) is 2.74. The summed E-state index contributed by atoms with van der Waals surface area (Å²) in [4.78, 5) is 26.6. The second-order valence-corrected chi connectivity index (χ2v) is 12.8. The van der Waals surface area contributed by atoms with Crippen LogP contribution in [0.3, 0.4) is 0 Å².